The number of hydrogen-bond acceptors (Lipinski definition) is 4. The Morgan fingerprint density at radius 2 is 1.84 bits per heavy atom. The van der Waals surface area contributed by atoms with Crippen molar-refractivity contribution in [3.05, 3.63) is 58.1 Å². The Kier molecular flexibility index (Phi) is 5.49. The molecule has 0 aliphatic rings. The molecule has 0 fully saturated rings. The van der Waals surface area contributed by atoms with E-state index in [2.05, 4.69) is 4.72 Å². The van der Waals surface area contributed by atoms with Gasteiger partial charge in [-0.05, 0) is 55.7 Å². The van der Waals surface area contributed by atoms with Crippen LogP contribution in [0.2, 0.25) is 0 Å². The standard InChI is InChI=1S/C18H21NO5S/c1-11-6-5-7-16(15(11)10-24-4)19-25(22,23)17-9-14(18(20)21)8-12(2)13(17)3/h5-9,19H,10H2,1-4H3,(H,20,21). The van der Waals surface area contributed by atoms with Crippen molar-refractivity contribution in [2.75, 3.05) is 11.8 Å². The molecule has 7 heteroatoms. The molecule has 25 heavy (non-hydrogen) atoms. The molecule has 0 saturated carbocycles. The topological polar surface area (TPSA) is 92.7 Å². The quantitative estimate of drug-likeness (QED) is 0.822. The molecule has 2 aromatic rings. The molecular weight excluding hydrogens is 342 g/mol. The normalized spacial score (nSPS) is 11.4. The number of carboxylic acids is 1. The molecular formula is C18H21NO5S. The predicted octanol–water partition coefficient (Wildman–Crippen LogP) is 3.26. The minimum absolute atomic E-state index is 0.0465. The Labute approximate surface area is 147 Å². The summed E-state index contributed by atoms with van der Waals surface area (Å²) in [5.41, 5.74) is 3.09. The van der Waals surface area contributed by atoms with E-state index in [1.165, 1.54) is 19.2 Å². The van der Waals surface area contributed by atoms with Crippen LogP contribution in [0.4, 0.5) is 5.69 Å². The third-order valence-corrected chi connectivity index (χ3v) is 5.59. The van der Waals surface area contributed by atoms with Gasteiger partial charge in [0.1, 0.15) is 0 Å². The smallest absolute Gasteiger partial charge is 0.335 e. The predicted molar refractivity (Wildman–Crippen MR) is 95.6 cm³/mol. The SMILES string of the molecule is COCc1c(C)cccc1NS(=O)(=O)c1cc(C(=O)O)cc(C)c1C. The average molecular weight is 363 g/mol. The van der Waals surface area contributed by atoms with Gasteiger partial charge in [0.2, 0.25) is 0 Å². The van der Waals surface area contributed by atoms with Gasteiger partial charge in [-0.3, -0.25) is 4.72 Å². The number of ether oxygens (including phenoxy) is 1. The van der Waals surface area contributed by atoms with Crippen molar-refractivity contribution in [1.29, 1.82) is 0 Å². The fourth-order valence-electron chi connectivity index (χ4n) is 2.56. The van der Waals surface area contributed by atoms with E-state index in [1.54, 1.807) is 26.0 Å². The van der Waals surface area contributed by atoms with Crippen LogP contribution >= 0.6 is 0 Å². The maximum atomic E-state index is 12.9. The number of aryl methyl sites for hydroxylation is 2. The Bertz CT molecular complexity index is 919. The summed E-state index contributed by atoms with van der Waals surface area (Å²) in [5, 5.41) is 9.20. The van der Waals surface area contributed by atoms with Crippen LogP contribution in [0.15, 0.2) is 35.2 Å². The Hall–Kier alpha value is -2.38. The highest BCUT2D eigenvalue weighted by atomic mass is 32.2. The second-order valence-corrected chi connectivity index (χ2v) is 7.51. The molecule has 0 spiro atoms. The van der Waals surface area contributed by atoms with Crippen molar-refractivity contribution in [3.8, 4) is 0 Å². The van der Waals surface area contributed by atoms with Gasteiger partial charge in [-0.25, -0.2) is 13.2 Å². The summed E-state index contributed by atoms with van der Waals surface area (Å²) in [5.74, 6) is -1.17. The molecule has 6 nitrogen and oxygen atoms in total. The number of carbonyl (C=O) groups is 1. The number of benzene rings is 2. The number of anilines is 1. The van der Waals surface area contributed by atoms with Crippen molar-refractivity contribution < 1.29 is 23.1 Å². The molecule has 0 aromatic heterocycles. The van der Waals surface area contributed by atoms with E-state index in [4.69, 9.17) is 4.74 Å². The Morgan fingerprint density at radius 1 is 1.16 bits per heavy atom. The average Bonchev–Trinajstić information content (AvgIpc) is 2.52. The van der Waals surface area contributed by atoms with E-state index in [-0.39, 0.29) is 17.1 Å². The molecule has 0 aliphatic heterocycles. The van der Waals surface area contributed by atoms with E-state index in [9.17, 15) is 18.3 Å². The Morgan fingerprint density at radius 3 is 2.44 bits per heavy atom. The van der Waals surface area contributed by atoms with Crippen molar-refractivity contribution in [2.45, 2.75) is 32.3 Å². The van der Waals surface area contributed by atoms with Gasteiger partial charge in [-0.1, -0.05) is 12.1 Å². The van der Waals surface area contributed by atoms with E-state index in [0.29, 0.717) is 16.8 Å². The lowest BCUT2D eigenvalue weighted by molar-refractivity contribution is 0.0696. The summed E-state index contributed by atoms with van der Waals surface area (Å²) >= 11 is 0. The fourth-order valence-corrected chi connectivity index (χ4v) is 4.00. The lowest BCUT2D eigenvalue weighted by Crippen LogP contribution is -2.17. The summed E-state index contributed by atoms with van der Waals surface area (Å²) in [6.07, 6.45) is 0. The van der Waals surface area contributed by atoms with Gasteiger partial charge in [0.05, 0.1) is 22.8 Å². The van der Waals surface area contributed by atoms with Crippen LogP contribution in [0.1, 0.15) is 32.6 Å². The third-order valence-electron chi connectivity index (χ3n) is 4.10. The third kappa shape index (κ3) is 4.00. The molecule has 0 heterocycles. The summed E-state index contributed by atoms with van der Waals surface area (Å²) in [4.78, 5) is 11.2. The Balaban J connectivity index is 2.55. The molecule has 2 aromatic carbocycles. The van der Waals surface area contributed by atoms with Crippen LogP contribution in [0.25, 0.3) is 0 Å². The second kappa shape index (κ2) is 7.25. The van der Waals surface area contributed by atoms with Crippen molar-refractivity contribution in [3.63, 3.8) is 0 Å². The molecule has 2 rings (SSSR count). The highest BCUT2D eigenvalue weighted by molar-refractivity contribution is 7.92. The van der Waals surface area contributed by atoms with Crippen LogP contribution in [0.3, 0.4) is 0 Å². The minimum Gasteiger partial charge on any atom is -0.478 e. The molecule has 0 radical (unpaired) electrons. The zero-order chi connectivity index (χ0) is 18.8. The number of hydrogen-bond donors (Lipinski definition) is 2. The van der Waals surface area contributed by atoms with Crippen molar-refractivity contribution >= 4 is 21.7 Å². The summed E-state index contributed by atoms with van der Waals surface area (Å²) in [7, 11) is -2.41. The minimum atomic E-state index is -3.95. The van der Waals surface area contributed by atoms with E-state index in [0.717, 1.165) is 11.1 Å². The number of methoxy groups -OCH3 is 1. The molecule has 0 unspecified atom stereocenters. The summed E-state index contributed by atoms with van der Waals surface area (Å²) < 4.78 is 33.5. The van der Waals surface area contributed by atoms with Gasteiger partial charge in [0.25, 0.3) is 10.0 Å². The maximum Gasteiger partial charge on any atom is 0.335 e. The monoisotopic (exact) mass is 363 g/mol. The largest absolute Gasteiger partial charge is 0.478 e. The number of rotatable bonds is 6. The van der Waals surface area contributed by atoms with E-state index in [1.807, 2.05) is 13.0 Å². The number of nitrogens with one attached hydrogen (secondary N) is 1. The van der Waals surface area contributed by atoms with Crippen molar-refractivity contribution in [1.82, 2.24) is 0 Å². The van der Waals surface area contributed by atoms with Gasteiger partial charge in [-0.15, -0.1) is 0 Å². The molecule has 0 atom stereocenters. The lowest BCUT2D eigenvalue weighted by Gasteiger charge is -2.16. The fraction of sp³-hybridized carbons (Fsp3) is 0.278. The zero-order valence-corrected chi connectivity index (χ0v) is 15.4. The molecule has 0 amide bonds. The lowest BCUT2D eigenvalue weighted by atomic mass is 10.1. The first-order valence-electron chi connectivity index (χ1n) is 7.62. The molecule has 0 aliphatic carbocycles. The van der Waals surface area contributed by atoms with Crippen LogP contribution in [0, 0.1) is 20.8 Å². The number of carboxylic acid groups (broad SMARTS) is 1. The van der Waals surface area contributed by atoms with E-state index < -0.39 is 16.0 Å². The maximum absolute atomic E-state index is 12.9. The molecule has 0 bridgehead atoms. The van der Waals surface area contributed by atoms with E-state index >= 15 is 0 Å². The summed E-state index contributed by atoms with van der Waals surface area (Å²) in [6.45, 7) is 5.47. The van der Waals surface area contributed by atoms with Gasteiger partial charge in [0.15, 0.2) is 0 Å². The van der Waals surface area contributed by atoms with Crippen molar-refractivity contribution in [2.24, 2.45) is 0 Å². The highest BCUT2D eigenvalue weighted by Gasteiger charge is 2.22. The highest BCUT2D eigenvalue weighted by Crippen LogP contribution is 2.27. The first-order valence-corrected chi connectivity index (χ1v) is 9.10. The second-order valence-electron chi connectivity index (χ2n) is 5.86. The zero-order valence-electron chi connectivity index (χ0n) is 14.6. The van der Waals surface area contributed by atoms with Gasteiger partial charge in [0, 0.05) is 12.7 Å². The number of sulfonamides is 1. The summed E-state index contributed by atoms with van der Waals surface area (Å²) in [6, 6.07) is 7.91. The molecule has 2 N–H and O–H groups in total. The van der Waals surface area contributed by atoms with Gasteiger partial charge in [-0.2, -0.15) is 0 Å². The van der Waals surface area contributed by atoms with Crippen LogP contribution in [-0.2, 0) is 21.4 Å². The van der Waals surface area contributed by atoms with Crippen LogP contribution < -0.4 is 4.72 Å². The first kappa shape index (κ1) is 19.0. The number of aromatic carboxylic acids is 1. The van der Waals surface area contributed by atoms with Gasteiger partial charge >= 0.3 is 5.97 Å². The first-order chi connectivity index (χ1) is 11.7. The van der Waals surface area contributed by atoms with Crippen LogP contribution in [0.5, 0.6) is 0 Å². The van der Waals surface area contributed by atoms with Gasteiger partial charge < -0.3 is 9.84 Å². The van der Waals surface area contributed by atoms with Crippen LogP contribution in [-0.4, -0.2) is 26.6 Å². The molecule has 134 valence electrons. The molecule has 0 saturated heterocycles.